The number of rotatable bonds is 3. The first-order valence-electron chi connectivity index (χ1n) is 22.2. The zero-order valence-corrected chi connectivity index (χ0v) is 34.9. The zero-order chi connectivity index (χ0) is 42.3. The van der Waals surface area contributed by atoms with Gasteiger partial charge in [0.15, 0.2) is 0 Å². The minimum atomic E-state index is 0.875. The van der Waals surface area contributed by atoms with E-state index in [1.165, 1.54) is 16.2 Å². The van der Waals surface area contributed by atoms with Crippen molar-refractivity contribution in [2.75, 3.05) is 0 Å². The quantitative estimate of drug-likeness (QED) is 0.167. The van der Waals surface area contributed by atoms with Crippen LogP contribution in [0.25, 0.3) is 153 Å². The Hall–Kier alpha value is -8.66. The second kappa shape index (κ2) is 12.9. The summed E-state index contributed by atoms with van der Waals surface area (Å²) in [6, 6.07) is 74.4. The molecule has 12 aromatic carbocycles. The van der Waals surface area contributed by atoms with Crippen molar-refractivity contribution in [3.05, 3.63) is 206 Å². The SMILES string of the molecule is c1ccc2cc3c(cc2c1)oc1c(-c2cccc4c(-c5cccc6c5oc5cc7ccccc7cc56)c5cccc(-c6cccc7c6oc6cc8ccccc8cc67)c5cc24)cccc13. The molecule has 3 aromatic heterocycles. The van der Waals surface area contributed by atoms with Gasteiger partial charge in [-0.1, -0.05) is 164 Å². The van der Waals surface area contributed by atoms with E-state index < -0.39 is 0 Å². The summed E-state index contributed by atoms with van der Waals surface area (Å²) in [7, 11) is 0. The Morgan fingerprint density at radius 3 is 0.892 bits per heavy atom. The van der Waals surface area contributed by atoms with E-state index in [-0.39, 0.29) is 0 Å². The van der Waals surface area contributed by atoms with Gasteiger partial charge in [-0.3, -0.25) is 0 Å². The van der Waals surface area contributed by atoms with Crippen LogP contribution >= 0.6 is 0 Å². The van der Waals surface area contributed by atoms with Gasteiger partial charge in [0.2, 0.25) is 0 Å². The van der Waals surface area contributed by atoms with Gasteiger partial charge in [-0.05, 0) is 107 Å². The molecule has 3 heteroatoms. The molecule has 0 unspecified atom stereocenters. The fourth-order valence-corrected chi connectivity index (χ4v) is 11.0. The van der Waals surface area contributed by atoms with Crippen LogP contribution in [0.5, 0.6) is 0 Å². The lowest BCUT2D eigenvalue weighted by atomic mass is 9.85. The van der Waals surface area contributed by atoms with Gasteiger partial charge in [-0.25, -0.2) is 0 Å². The second-order valence-corrected chi connectivity index (χ2v) is 17.5. The molecule has 0 N–H and O–H groups in total. The summed E-state index contributed by atoms with van der Waals surface area (Å²) in [6.45, 7) is 0. The number of hydrogen-bond acceptors (Lipinski definition) is 3. The van der Waals surface area contributed by atoms with E-state index in [0.29, 0.717) is 0 Å². The minimum Gasteiger partial charge on any atom is -0.455 e. The van der Waals surface area contributed by atoms with Gasteiger partial charge in [0.1, 0.15) is 33.5 Å². The first-order chi connectivity index (χ1) is 32.2. The van der Waals surface area contributed by atoms with Crippen LogP contribution < -0.4 is 0 Å². The van der Waals surface area contributed by atoms with Gasteiger partial charge in [-0.2, -0.15) is 0 Å². The average Bonchev–Trinajstić information content (AvgIpc) is 4.03. The molecule has 0 spiro atoms. The molecule has 0 bridgehead atoms. The van der Waals surface area contributed by atoms with Crippen molar-refractivity contribution in [3.63, 3.8) is 0 Å². The van der Waals surface area contributed by atoms with Crippen molar-refractivity contribution in [1.29, 1.82) is 0 Å². The molecule has 0 aliphatic rings. The van der Waals surface area contributed by atoms with Gasteiger partial charge in [-0.15, -0.1) is 0 Å². The Morgan fingerprint density at radius 1 is 0.200 bits per heavy atom. The Morgan fingerprint density at radius 2 is 0.508 bits per heavy atom. The maximum Gasteiger partial charge on any atom is 0.143 e. The summed E-state index contributed by atoms with van der Waals surface area (Å²) < 4.78 is 20.8. The van der Waals surface area contributed by atoms with Crippen LogP contribution in [-0.2, 0) is 0 Å². The Kier molecular flexibility index (Phi) is 6.95. The van der Waals surface area contributed by atoms with Crippen LogP contribution in [0.1, 0.15) is 0 Å². The summed E-state index contributed by atoms with van der Waals surface area (Å²) in [5.41, 5.74) is 11.8. The molecular weight excluding hydrogens is 793 g/mol. The van der Waals surface area contributed by atoms with E-state index in [9.17, 15) is 0 Å². The summed E-state index contributed by atoms with van der Waals surface area (Å²) in [5, 5.41) is 18.2. The molecule has 0 saturated heterocycles. The monoisotopic (exact) mass is 826 g/mol. The molecule has 0 radical (unpaired) electrons. The van der Waals surface area contributed by atoms with Crippen molar-refractivity contribution in [2.24, 2.45) is 0 Å². The van der Waals surface area contributed by atoms with Gasteiger partial charge < -0.3 is 13.3 Å². The van der Waals surface area contributed by atoms with Crippen molar-refractivity contribution < 1.29 is 13.3 Å². The summed E-state index contributed by atoms with van der Waals surface area (Å²) in [5.74, 6) is 0. The topological polar surface area (TPSA) is 39.4 Å². The molecule has 0 saturated carbocycles. The normalized spacial score (nSPS) is 12.3. The van der Waals surface area contributed by atoms with E-state index in [0.717, 1.165) is 137 Å². The molecule has 300 valence electrons. The molecule has 0 aliphatic carbocycles. The third kappa shape index (κ3) is 4.95. The predicted octanol–water partition coefficient (Wildman–Crippen LogP) is 18.2. The third-order valence-electron chi connectivity index (χ3n) is 14.0. The molecule has 15 rings (SSSR count). The summed E-state index contributed by atoms with van der Waals surface area (Å²) >= 11 is 0. The van der Waals surface area contributed by atoms with Crippen LogP contribution in [0.15, 0.2) is 220 Å². The fourth-order valence-electron chi connectivity index (χ4n) is 11.0. The third-order valence-corrected chi connectivity index (χ3v) is 14.0. The number of furan rings is 3. The highest BCUT2D eigenvalue weighted by atomic mass is 16.3. The van der Waals surface area contributed by atoms with E-state index >= 15 is 0 Å². The van der Waals surface area contributed by atoms with Gasteiger partial charge in [0.25, 0.3) is 0 Å². The number of fused-ring (bicyclic) bond motifs is 14. The van der Waals surface area contributed by atoms with E-state index in [1.807, 2.05) is 0 Å². The van der Waals surface area contributed by atoms with Crippen LogP contribution in [0.2, 0.25) is 0 Å². The number of para-hydroxylation sites is 3. The van der Waals surface area contributed by atoms with Gasteiger partial charge in [0.05, 0.1) is 0 Å². The van der Waals surface area contributed by atoms with Gasteiger partial charge >= 0.3 is 0 Å². The van der Waals surface area contributed by atoms with Crippen LogP contribution in [0, 0.1) is 0 Å². The average molecular weight is 827 g/mol. The number of hydrogen-bond donors (Lipinski definition) is 0. The Bertz CT molecular complexity index is 4330. The Labute approximate surface area is 370 Å². The van der Waals surface area contributed by atoms with Crippen LogP contribution in [-0.4, -0.2) is 0 Å². The number of benzene rings is 12. The zero-order valence-electron chi connectivity index (χ0n) is 34.9. The molecule has 0 aliphatic heterocycles. The lowest BCUT2D eigenvalue weighted by molar-refractivity contribution is 0.670. The molecule has 0 atom stereocenters. The molecule has 65 heavy (non-hydrogen) atoms. The lowest BCUT2D eigenvalue weighted by Crippen LogP contribution is -1.91. The summed E-state index contributed by atoms with van der Waals surface area (Å²) in [4.78, 5) is 0. The van der Waals surface area contributed by atoms with E-state index in [2.05, 4.69) is 206 Å². The molecule has 3 nitrogen and oxygen atoms in total. The highest BCUT2D eigenvalue weighted by Crippen LogP contribution is 2.49. The highest BCUT2D eigenvalue weighted by Gasteiger charge is 2.23. The van der Waals surface area contributed by atoms with Crippen LogP contribution in [0.3, 0.4) is 0 Å². The molecule has 3 heterocycles. The van der Waals surface area contributed by atoms with Crippen molar-refractivity contribution >= 4 is 120 Å². The van der Waals surface area contributed by atoms with E-state index in [1.54, 1.807) is 0 Å². The van der Waals surface area contributed by atoms with E-state index in [4.69, 9.17) is 13.3 Å². The highest BCUT2D eigenvalue weighted by molar-refractivity contribution is 6.25. The minimum absolute atomic E-state index is 0.875. The Balaban J connectivity index is 1.06. The van der Waals surface area contributed by atoms with Crippen molar-refractivity contribution in [1.82, 2.24) is 0 Å². The molecule has 0 amide bonds. The van der Waals surface area contributed by atoms with Crippen molar-refractivity contribution in [2.45, 2.75) is 0 Å². The predicted molar refractivity (Wildman–Crippen MR) is 272 cm³/mol. The smallest absolute Gasteiger partial charge is 0.143 e. The maximum atomic E-state index is 6.99. The first kappa shape index (κ1) is 34.9. The molecule has 0 fully saturated rings. The second-order valence-electron chi connectivity index (χ2n) is 17.5. The standard InChI is InChI=1S/C62H34O3/c1-4-15-38-31-56-53(28-35(38)12-1)47-24-9-22-45(60(47)63-56)41-18-7-20-43-51(41)34-52-42(46-23-10-25-48-54-29-36-13-2-5-16-39(36)32-57(54)64-61(46)48)19-8-21-44(52)59(43)50-27-11-26-49-55-30-37-14-3-6-17-40(37)33-58(55)65-62(49)50/h1-34H. The summed E-state index contributed by atoms with van der Waals surface area (Å²) in [6.07, 6.45) is 0. The lowest BCUT2D eigenvalue weighted by Gasteiger charge is -2.17. The molecule has 15 aromatic rings. The largest absolute Gasteiger partial charge is 0.455 e. The first-order valence-corrected chi connectivity index (χ1v) is 22.2. The maximum absolute atomic E-state index is 6.99. The van der Waals surface area contributed by atoms with Crippen LogP contribution in [0.4, 0.5) is 0 Å². The molecular formula is C62H34O3. The fraction of sp³-hybridized carbons (Fsp3) is 0. The van der Waals surface area contributed by atoms with Crippen molar-refractivity contribution in [3.8, 4) is 33.4 Å². The van der Waals surface area contributed by atoms with Gasteiger partial charge in [0, 0.05) is 54.6 Å².